The van der Waals surface area contributed by atoms with Crippen LogP contribution in [0.15, 0.2) is 48.6 Å². The van der Waals surface area contributed by atoms with Gasteiger partial charge in [0.1, 0.15) is 24.4 Å². The lowest BCUT2D eigenvalue weighted by Crippen LogP contribution is -2.60. The Morgan fingerprint density at radius 3 is 1.08 bits per heavy atom. The van der Waals surface area contributed by atoms with Crippen LogP contribution in [0.4, 0.5) is 0 Å². The zero-order chi connectivity index (χ0) is 56.5. The second kappa shape index (κ2) is 58.4. The summed E-state index contributed by atoms with van der Waals surface area (Å²) in [5.74, 6) is -0.186. The van der Waals surface area contributed by atoms with Crippen molar-refractivity contribution in [2.24, 2.45) is 0 Å². The van der Waals surface area contributed by atoms with E-state index in [1.807, 2.05) is 6.08 Å². The van der Waals surface area contributed by atoms with Crippen molar-refractivity contribution < 1.29 is 39.8 Å². The number of aliphatic hydroxyl groups excluding tert-OH is 5. The Balaban J connectivity index is 2.12. The highest BCUT2D eigenvalue weighted by atomic mass is 16.7. The van der Waals surface area contributed by atoms with Crippen LogP contribution in [0.3, 0.4) is 0 Å². The molecule has 1 fully saturated rings. The van der Waals surface area contributed by atoms with Gasteiger partial charge in [-0.1, -0.05) is 300 Å². The van der Waals surface area contributed by atoms with Crippen LogP contribution >= 0.6 is 0 Å². The molecule has 1 heterocycles. The standard InChI is InChI=1S/C69H129NO8/c1-3-5-7-9-11-13-15-17-19-21-23-25-26-27-28-29-30-31-32-33-34-35-36-37-38-39-41-43-45-47-49-51-53-55-57-59-65(73)70-62(61-77-69-68(76)67(75)66(74)64(60-71)78-69)63(72)58-56-54-52-50-48-46-44-42-40-24-22-20-18-16-14-12-10-8-6-4-2/h29-30,40,42,48,50,56,58,62-64,66-69,71-72,74-76H,3-28,31-39,41,43-47,49,51-55,57,59-61H2,1-2H3,(H,70,73)/b30-29-,42-40+,50-48+,58-56+. The fraction of sp³-hybridized carbons (Fsp3) is 0.870. The minimum Gasteiger partial charge on any atom is -0.394 e. The first-order chi connectivity index (χ1) is 38.3. The van der Waals surface area contributed by atoms with E-state index in [0.29, 0.717) is 6.42 Å². The van der Waals surface area contributed by atoms with Crippen molar-refractivity contribution in [2.75, 3.05) is 13.2 Å². The summed E-state index contributed by atoms with van der Waals surface area (Å²) >= 11 is 0. The number of amides is 1. The average Bonchev–Trinajstić information content (AvgIpc) is 3.45. The maximum atomic E-state index is 13.1. The molecule has 0 bridgehead atoms. The fourth-order valence-corrected chi connectivity index (χ4v) is 10.8. The SMILES string of the molecule is CCCCCCCCCCCC/C=C/CC/C=C/CC/C=C/C(O)C(COC1OC(CO)C(O)C(O)C1O)NC(=O)CCCCCCCCCCCCCCCCCCC/C=C\CCCCCCCCCCCCCCCC. The van der Waals surface area contributed by atoms with Crippen LogP contribution in [-0.2, 0) is 14.3 Å². The molecule has 458 valence electrons. The van der Waals surface area contributed by atoms with E-state index in [0.717, 1.165) is 44.9 Å². The van der Waals surface area contributed by atoms with Gasteiger partial charge >= 0.3 is 0 Å². The summed E-state index contributed by atoms with van der Waals surface area (Å²) in [6.07, 6.45) is 72.2. The average molecular weight is 1100 g/mol. The van der Waals surface area contributed by atoms with Crippen LogP contribution in [0, 0.1) is 0 Å². The highest BCUT2D eigenvalue weighted by Crippen LogP contribution is 2.23. The molecular weight excluding hydrogens is 971 g/mol. The largest absolute Gasteiger partial charge is 0.394 e. The number of hydrogen-bond donors (Lipinski definition) is 6. The first kappa shape index (κ1) is 74.2. The van der Waals surface area contributed by atoms with Crippen LogP contribution < -0.4 is 5.32 Å². The number of carbonyl (C=O) groups excluding carboxylic acids is 1. The third kappa shape index (κ3) is 46.7. The molecular formula is C69H129NO8. The lowest BCUT2D eigenvalue weighted by atomic mass is 9.99. The van der Waals surface area contributed by atoms with Gasteiger partial charge in [-0.25, -0.2) is 0 Å². The predicted octanol–water partition coefficient (Wildman–Crippen LogP) is 18.0. The number of hydrogen-bond acceptors (Lipinski definition) is 8. The van der Waals surface area contributed by atoms with Crippen molar-refractivity contribution in [2.45, 2.75) is 371 Å². The minimum absolute atomic E-state index is 0.186. The number of allylic oxidation sites excluding steroid dienone is 7. The van der Waals surface area contributed by atoms with E-state index in [4.69, 9.17) is 9.47 Å². The van der Waals surface area contributed by atoms with E-state index >= 15 is 0 Å². The summed E-state index contributed by atoms with van der Waals surface area (Å²) < 4.78 is 11.3. The van der Waals surface area contributed by atoms with E-state index < -0.39 is 49.5 Å². The van der Waals surface area contributed by atoms with Crippen molar-refractivity contribution in [1.82, 2.24) is 5.32 Å². The van der Waals surface area contributed by atoms with Crippen molar-refractivity contribution in [3.63, 3.8) is 0 Å². The fourth-order valence-electron chi connectivity index (χ4n) is 10.8. The molecule has 7 atom stereocenters. The molecule has 0 aromatic carbocycles. The number of rotatable bonds is 59. The molecule has 0 radical (unpaired) electrons. The summed E-state index contributed by atoms with van der Waals surface area (Å²) in [7, 11) is 0. The maximum Gasteiger partial charge on any atom is 0.220 e. The quantitative estimate of drug-likeness (QED) is 0.0261. The number of aliphatic hydroxyl groups is 5. The molecule has 1 aliphatic heterocycles. The molecule has 1 rings (SSSR count). The molecule has 0 saturated carbocycles. The Labute approximate surface area is 482 Å². The molecule has 1 saturated heterocycles. The molecule has 6 N–H and O–H groups in total. The number of nitrogens with one attached hydrogen (secondary N) is 1. The second-order valence-electron chi connectivity index (χ2n) is 23.6. The summed E-state index contributed by atoms with van der Waals surface area (Å²) in [5, 5.41) is 54.6. The first-order valence-corrected chi connectivity index (χ1v) is 33.9. The van der Waals surface area contributed by atoms with Crippen molar-refractivity contribution in [3.05, 3.63) is 48.6 Å². The van der Waals surface area contributed by atoms with Gasteiger partial charge in [-0.3, -0.25) is 4.79 Å². The lowest BCUT2D eigenvalue weighted by Gasteiger charge is -2.40. The molecule has 7 unspecified atom stereocenters. The maximum absolute atomic E-state index is 13.1. The molecule has 1 amide bonds. The third-order valence-corrected chi connectivity index (χ3v) is 16.1. The summed E-state index contributed by atoms with van der Waals surface area (Å²) in [4.78, 5) is 13.1. The van der Waals surface area contributed by atoms with E-state index in [-0.39, 0.29) is 12.5 Å². The molecule has 1 aliphatic rings. The molecule has 9 nitrogen and oxygen atoms in total. The molecule has 0 aliphatic carbocycles. The molecule has 9 heteroatoms. The van der Waals surface area contributed by atoms with Crippen molar-refractivity contribution in [1.29, 1.82) is 0 Å². The summed E-state index contributed by atoms with van der Waals surface area (Å²) in [6, 6.07) is -0.829. The van der Waals surface area contributed by atoms with Crippen LogP contribution in [0.1, 0.15) is 328 Å². The predicted molar refractivity (Wildman–Crippen MR) is 332 cm³/mol. The highest BCUT2D eigenvalue weighted by molar-refractivity contribution is 5.76. The zero-order valence-corrected chi connectivity index (χ0v) is 51.2. The normalized spacial score (nSPS) is 18.9. The Bertz CT molecular complexity index is 1370. The molecule has 0 spiro atoms. The van der Waals surface area contributed by atoms with Crippen LogP contribution in [0.5, 0.6) is 0 Å². The van der Waals surface area contributed by atoms with E-state index in [1.165, 1.54) is 263 Å². The van der Waals surface area contributed by atoms with Crippen LogP contribution in [0.2, 0.25) is 0 Å². The Morgan fingerprint density at radius 2 is 0.731 bits per heavy atom. The molecule has 0 aromatic rings. The monoisotopic (exact) mass is 1100 g/mol. The van der Waals surface area contributed by atoms with Gasteiger partial charge in [-0.2, -0.15) is 0 Å². The van der Waals surface area contributed by atoms with Gasteiger partial charge in [-0.05, 0) is 70.6 Å². The number of carbonyl (C=O) groups is 1. The van der Waals surface area contributed by atoms with E-state index in [1.54, 1.807) is 6.08 Å². The second-order valence-corrected chi connectivity index (χ2v) is 23.6. The van der Waals surface area contributed by atoms with Gasteiger partial charge in [0.05, 0.1) is 25.4 Å². The van der Waals surface area contributed by atoms with Gasteiger partial charge in [0.15, 0.2) is 6.29 Å². The Morgan fingerprint density at radius 1 is 0.423 bits per heavy atom. The summed E-state index contributed by atoms with van der Waals surface area (Å²) in [6.45, 7) is 3.79. The topological polar surface area (TPSA) is 149 Å². The van der Waals surface area contributed by atoms with Gasteiger partial charge in [0.2, 0.25) is 5.91 Å². The first-order valence-electron chi connectivity index (χ1n) is 33.9. The van der Waals surface area contributed by atoms with E-state index in [2.05, 4.69) is 55.6 Å². The zero-order valence-electron chi connectivity index (χ0n) is 51.2. The summed E-state index contributed by atoms with van der Waals surface area (Å²) in [5.41, 5.74) is 0. The number of ether oxygens (including phenoxy) is 2. The molecule has 0 aromatic heterocycles. The van der Waals surface area contributed by atoms with Crippen molar-refractivity contribution in [3.8, 4) is 0 Å². The highest BCUT2D eigenvalue weighted by Gasteiger charge is 2.44. The molecule has 78 heavy (non-hydrogen) atoms. The Kier molecular flexibility index (Phi) is 55.5. The van der Waals surface area contributed by atoms with Gasteiger partial charge < -0.3 is 40.3 Å². The van der Waals surface area contributed by atoms with Gasteiger partial charge in [0, 0.05) is 6.42 Å². The van der Waals surface area contributed by atoms with Crippen LogP contribution in [-0.4, -0.2) is 87.5 Å². The smallest absolute Gasteiger partial charge is 0.220 e. The Hall–Kier alpha value is -1.85. The lowest BCUT2D eigenvalue weighted by molar-refractivity contribution is -0.302. The van der Waals surface area contributed by atoms with Gasteiger partial charge in [0.25, 0.3) is 0 Å². The van der Waals surface area contributed by atoms with Crippen LogP contribution in [0.25, 0.3) is 0 Å². The van der Waals surface area contributed by atoms with E-state index in [9.17, 15) is 30.3 Å². The third-order valence-electron chi connectivity index (χ3n) is 16.1. The van der Waals surface area contributed by atoms with Crippen molar-refractivity contribution >= 4 is 5.91 Å². The minimum atomic E-state index is -1.58. The number of unbranched alkanes of at least 4 members (excludes halogenated alkanes) is 43. The van der Waals surface area contributed by atoms with Gasteiger partial charge in [-0.15, -0.1) is 0 Å².